The number of hydrogen-bond acceptors (Lipinski definition) is 4. The summed E-state index contributed by atoms with van der Waals surface area (Å²) in [5.41, 5.74) is 6.87. The van der Waals surface area contributed by atoms with Crippen LogP contribution in [0.2, 0.25) is 0 Å². The quantitative estimate of drug-likeness (QED) is 0.578. The molecule has 1 fully saturated rings. The van der Waals surface area contributed by atoms with Crippen LogP contribution in [0.25, 0.3) is 0 Å². The highest BCUT2D eigenvalue weighted by molar-refractivity contribution is 7.88. The van der Waals surface area contributed by atoms with Crippen molar-refractivity contribution in [3.63, 3.8) is 0 Å². The third kappa shape index (κ3) is 1.98. The van der Waals surface area contributed by atoms with Gasteiger partial charge in [-0.2, -0.15) is 0 Å². The van der Waals surface area contributed by atoms with E-state index in [1.54, 1.807) is 12.1 Å². The Morgan fingerprint density at radius 1 is 1.44 bits per heavy atom. The molecule has 1 heterocycles. The maximum atomic E-state index is 11.2. The first kappa shape index (κ1) is 11.2. The van der Waals surface area contributed by atoms with Crippen molar-refractivity contribution in [1.82, 2.24) is 4.31 Å². The zero-order valence-electron chi connectivity index (χ0n) is 8.92. The zero-order valence-corrected chi connectivity index (χ0v) is 9.74. The number of sulfonamides is 1. The van der Waals surface area contributed by atoms with Crippen LogP contribution in [0.1, 0.15) is 11.5 Å². The average molecular weight is 242 g/mol. The number of rotatable bonds is 2. The molecule has 1 aliphatic heterocycles. The Balaban J connectivity index is 2.10. The summed E-state index contributed by atoms with van der Waals surface area (Å²) in [6.45, 7) is 0.978. The molecule has 2 rings (SSSR count). The molecule has 0 bridgehead atoms. The van der Waals surface area contributed by atoms with E-state index in [0.29, 0.717) is 18.8 Å². The van der Waals surface area contributed by atoms with E-state index < -0.39 is 10.0 Å². The summed E-state index contributed by atoms with van der Waals surface area (Å²) in [4.78, 5) is 0. The molecule has 0 atom stereocenters. The Kier molecular flexibility index (Phi) is 2.55. The van der Waals surface area contributed by atoms with Crippen LogP contribution in [-0.2, 0) is 10.0 Å². The number of benzene rings is 1. The van der Waals surface area contributed by atoms with Crippen molar-refractivity contribution >= 4 is 15.7 Å². The predicted molar refractivity (Wildman–Crippen MR) is 61.7 cm³/mol. The van der Waals surface area contributed by atoms with Gasteiger partial charge in [-0.25, -0.2) is 12.7 Å². The summed E-state index contributed by atoms with van der Waals surface area (Å²) in [6.07, 6.45) is 1.20. The number of aromatic hydroxyl groups is 1. The second-order valence-corrected chi connectivity index (χ2v) is 6.08. The molecule has 0 aliphatic carbocycles. The van der Waals surface area contributed by atoms with Crippen LogP contribution in [-0.4, -0.2) is 37.2 Å². The second-order valence-electron chi connectivity index (χ2n) is 4.10. The van der Waals surface area contributed by atoms with Crippen LogP contribution in [0.5, 0.6) is 5.75 Å². The first-order valence-corrected chi connectivity index (χ1v) is 6.76. The molecular formula is C10H14N2O3S. The largest absolute Gasteiger partial charge is 0.506 e. The van der Waals surface area contributed by atoms with Gasteiger partial charge < -0.3 is 10.8 Å². The van der Waals surface area contributed by atoms with E-state index in [1.165, 1.54) is 16.6 Å². The van der Waals surface area contributed by atoms with Crippen molar-refractivity contribution in [2.45, 2.75) is 5.92 Å². The minimum absolute atomic E-state index is 0.0584. The fourth-order valence-electron chi connectivity index (χ4n) is 1.75. The molecule has 1 saturated heterocycles. The lowest BCUT2D eigenvalue weighted by Gasteiger charge is -2.37. The fourth-order valence-corrected chi connectivity index (χ4v) is 2.65. The molecule has 3 N–H and O–H groups in total. The molecule has 0 radical (unpaired) electrons. The summed E-state index contributed by atoms with van der Waals surface area (Å²) in [7, 11) is -3.07. The SMILES string of the molecule is CS(=O)(=O)N1CC(c2ccc(O)c(N)c2)C1. The standard InChI is InChI=1S/C10H14N2O3S/c1-16(14,15)12-5-8(6-12)7-2-3-10(13)9(11)4-7/h2-4,8,13H,5-6,11H2,1H3. The van der Waals surface area contributed by atoms with Crippen LogP contribution in [0.15, 0.2) is 18.2 Å². The van der Waals surface area contributed by atoms with E-state index in [1.807, 2.05) is 0 Å². The molecule has 16 heavy (non-hydrogen) atoms. The molecule has 1 aromatic carbocycles. The molecule has 1 aromatic rings. The van der Waals surface area contributed by atoms with Crippen molar-refractivity contribution in [2.75, 3.05) is 25.1 Å². The lowest BCUT2D eigenvalue weighted by atomic mass is 9.93. The lowest BCUT2D eigenvalue weighted by molar-refractivity contribution is 0.266. The molecule has 88 valence electrons. The van der Waals surface area contributed by atoms with Gasteiger partial charge in [0.1, 0.15) is 5.75 Å². The fraction of sp³-hybridized carbons (Fsp3) is 0.400. The second kappa shape index (κ2) is 3.64. The minimum Gasteiger partial charge on any atom is -0.506 e. The monoisotopic (exact) mass is 242 g/mol. The van der Waals surface area contributed by atoms with Gasteiger partial charge in [0.05, 0.1) is 11.9 Å². The van der Waals surface area contributed by atoms with Gasteiger partial charge >= 0.3 is 0 Å². The molecule has 0 aromatic heterocycles. The highest BCUT2D eigenvalue weighted by Crippen LogP contribution is 2.32. The first-order chi connectivity index (χ1) is 7.38. The van der Waals surface area contributed by atoms with Crippen LogP contribution < -0.4 is 5.73 Å². The molecular weight excluding hydrogens is 228 g/mol. The highest BCUT2D eigenvalue weighted by atomic mass is 32.2. The summed E-state index contributed by atoms with van der Waals surface area (Å²) in [5, 5.41) is 9.27. The van der Waals surface area contributed by atoms with E-state index >= 15 is 0 Å². The number of nitrogens with two attached hydrogens (primary N) is 1. The van der Waals surface area contributed by atoms with E-state index in [2.05, 4.69) is 0 Å². The van der Waals surface area contributed by atoms with Gasteiger partial charge in [0.15, 0.2) is 0 Å². The van der Waals surface area contributed by atoms with Crippen molar-refractivity contribution in [3.8, 4) is 5.75 Å². The molecule has 0 amide bonds. The Hall–Kier alpha value is -1.27. The van der Waals surface area contributed by atoms with Crippen molar-refractivity contribution in [1.29, 1.82) is 0 Å². The van der Waals surface area contributed by atoms with Gasteiger partial charge in [0.2, 0.25) is 10.0 Å². The number of nitrogens with zero attached hydrogens (tertiary/aromatic N) is 1. The van der Waals surface area contributed by atoms with E-state index in [0.717, 1.165) is 5.56 Å². The molecule has 0 spiro atoms. The average Bonchev–Trinajstić information content (AvgIpc) is 2.06. The van der Waals surface area contributed by atoms with Gasteiger partial charge in [-0.3, -0.25) is 0 Å². The summed E-state index contributed by atoms with van der Waals surface area (Å²) in [5.74, 6) is 0.237. The molecule has 6 heteroatoms. The van der Waals surface area contributed by atoms with Gasteiger partial charge in [0, 0.05) is 19.0 Å². The van der Waals surface area contributed by atoms with E-state index in [4.69, 9.17) is 5.73 Å². The van der Waals surface area contributed by atoms with Crippen LogP contribution in [0, 0.1) is 0 Å². The van der Waals surface area contributed by atoms with Crippen molar-refractivity contribution in [2.24, 2.45) is 0 Å². The summed E-state index contributed by atoms with van der Waals surface area (Å²) < 4.78 is 23.8. The first-order valence-electron chi connectivity index (χ1n) is 4.91. The zero-order chi connectivity index (χ0) is 11.9. The molecule has 1 aliphatic rings. The van der Waals surface area contributed by atoms with E-state index in [-0.39, 0.29) is 11.7 Å². The Morgan fingerprint density at radius 2 is 2.06 bits per heavy atom. The van der Waals surface area contributed by atoms with Crippen LogP contribution in [0.3, 0.4) is 0 Å². The highest BCUT2D eigenvalue weighted by Gasteiger charge is 2.34. The third-order valence-corrected chi connectivity index (χ3v) is 4.08. The maximum absolute atomic E-state index is 11.2. The molecule has 0 unspecified atom stereocenters. The smallest absolute Gasteiger partial charge is 0.211 e. The van der Waals surface area contributed by atoms with Crippen LogP contribution in [0.4, 0.5) is 5.69 Å². The molecule has 0 saturated carbocycles. The van der Waals surface area contributed by atoms with Crippen molar-refractivity contribution < 1.29 is 13.5 Å². The lowest BCUT2D eigenvalue weighted by Crippen LogP contribution is -2.47. The minimum atomic E-state index is -3.07. The Bertz CT molecular complexity index is 507. The number of nitrogen functional groups attached to an aromatic ring is 1. The topological polar surface area (TPSA) is 83.6 Å². The van der Waals surface area contributed by atoms with Gasteiger partial charge in [-0.15, -0.1) is 0 Å². The van der Waals surface area contributed by atoms with Gasteiger partial charge in [0.25, 0.3) is 0 Å². The third-order valence-electron chi connectivity index (χ3n) is 2.84. The maximum Gasteiger partial charge on any atom is 0.211 e. The van der Waals surface area contributed by atoms with Gasteiger partial charge in [-0.05, 0) is 17.7 Å². The number of phenolic OH excluding ortho intramolecular Hbond substituents is 1. The predicted octanol–water partition coefficient (Wildman–Crippen LogP) is 0.333. The molecule has 5 nitrogen and oxygen atoms in total. The summed E-state index contributed by atoms with van der Waals surface area (Å²) >= 11 is 0. The number of anilines is 1. The normalized spacial score (nSPS) is 18.3. The van der Waals surface area contributed by atoms with Gasteiger partial charge in [-0.1, -0.05) is 6.07 Å². The Morgan fingerprint density at radius 3 is 2.56 bits per heavy atom. The number of hydrogen-bond donors (Lipinski definition) is 2. The van der Waals surface area contributed by atoms with Crippen LogP contribution >= 0.6 is 0 Å². The number of phenols is 1. The van der Waals surface area contributed by atoms with Crippen molar-refractivity contribution in [3.05, 3.63) is 23.8 Å². The summed E-state index contributed by atoms with van der Waals surface area (Å²) in [6, 6.07) is 5.00. The van der Waals surface area contributed by atoms with E-state index in [9.17, 15) is 13.5 Å². The Labute approximate surface area is 94.5 Å².